The SMILES string of the molecule is COc1ccc([C@@H](CNC(=O)c2ccco2)S(=O)(=O)c2cccs2)cc1. The highest BCUT2D eigenvalue weighted by Crippen LogP contribution is 2.32. The van der Waals surface area contributed by atoms with Gasteiger partial charge in [0.05, 0.1) is 13.4 Å². The van der Waals surface area contributed by atoms with Crippen LogP contribution in [0.4, 0.5) is 0 Å². The highest BCUT2D eigenvalue weighted by atomic mass is 32.2. The van der Waals surface area contributed by atoms with Crippen molar-refractivity contribution in [2.75, 3.05) is 13.7 Å². The number of hydrogen-bond acceptors (Lipinski definition) is 6. The average molecular weight is 391 g/mol. The second-order valence-corrected chi connectivity index (χ2v) is 8.73. The Bertz CT molecular complexity index is 946. The molecule has 6 nitrogen and oxygen atoms in total. The van der Waals surface area contributed by atoms with E-state index in [1.165, 1.54) is 12.3 Å². The van der Waals surface area contributed by atoms with Crippen LogP contribution in [0.3, 0.4) is 0 Å². The molecular formula is C18H17NO5S2. The molecule has 0 spiro atoms. The smallest absolute Gasteiger partial charge is 0.287 e. The molecule has 0 fully saturated rings. The lowest BCUT2D eigenvalue weighted by Crippen LogP contribution is -2.31. The Hall–Kier alpha value is -2.58. The van der Waals surface area contributed by atoms with Crippen LogP contribution in [0.15, 0.2) is 68.8 Å². The van der Waals surface area contributed by atoms with Crippen LogP contribution in [0.25, 0.3) is 0 Å². The van der Waals surface area contributed by atoms with E-state index >= 15 is 0 Å². The van der Waals surface area contributed by atoms with E-state index in [0.717, 1.165) is 11.3 Å². The molecule has 0 bridgehead atoms. The van der Waals surface area contributed by atoms with E-state index < -0.39 is 21.0 Å². The van der Waals surface area contributed by atoms with Gasteiger partial charge >= 0.3 is 0 Å². The maximum absolute atomic E-state index is 13.1. The molecule has 136 valence electrons. The van der Waals surface area contributed by atoms with Gasteiger partial charge in [0, 0.05) is 6.54 Å². The van der Waals surface area contributed by atoms with Crippen LogP contribution in [-0.2, 0) is 9.84 Å². The molecule has 0 unspecified atom stereocenters. The molecule has 2 aromatic heterocycles. The van der Waals surface area contributed by atoms with Crippen molar-refractivity contribution in [1.29, 1.82) is 0 Å². The number of thiophene rings is 1. The van der Waals surface area contributed by atoms with Gasteiger partial charge in [-0.05, 0) is 41.3 Å². The molecule has 26 heavy (non-hydrogen) atoms. The van der Waals surface area contributed by atoms with E-state index in [1.807, 2.05) is 0 Å². The van der Waals surface area contributed by atoms with Gasteiger partial charge in [0.2, 0.25) is 0 Å². The Morgan fingerprint density at radius 3 is 2.54 bits per heavy atom. The number of carbonyl (C=O) groups is 1. The fourth-order valence-electron chi connectivity index (χ4n) is 2.47. The summed E-state index contributed by atoms with van der Waals surface area (Å²) >= 11 is 1.15. The second kappa shape index (κ2) is 7.76. The normalized spacial score (nSPS) is 12.5. The van der Waals surface area contributed by atoms with Crippen molar-refractivity contribution >= 4 is 27.1 Å². The van der Waals surface area contributed by atoms with Gasteiger partial charge < -0.3 is 14.5 Å². The monoisotopic (exact) mass is 391 g/mol. The molecule has 2 heterocycles. The van der Waals surface area contributed by atoms with Crippen LogP contribution in [0.2, 0.25) is 0 Å². The molecule has 0 aliphatic carbocycles. The fourth-order valence-corrected chi connectivity index (χ4v) is 5.34. The van der Waals surface area contributed by atoms with Crippen LogP contribution < -0.4 is 10.1 Å². The topological polar surface area (TPSA) is 85.6 Å². The Labute approximate surface area is 155 Å². The summed E-state index contributed by atoms with van der Waals surface area (Å²) in [5.74, 6) is 0.294. The first-order valence-electron chi connectivity index (χ1n) is 7.75. The summed E-state index contributed by atoms with van der Waals surface area (Å²) in [4.78, 5) is 12.1. The quantitative estimate of drug-likeness (QED) is 0.668. The zero-order valence-corrected chi connectivity index (χ0v) is 15.5. The predicted octanol–water partition coefficient (Wildman–Crippen LogP) is 3.29. The Kier molecular flexibility index (Phi) is 5.43. The van der Waals surface area contributed by atoms with Crippen LogP contribution in [0, 0.1) is 0 Å². The van der Waals surface area contributed by atoms with Gasteiger partial charge in [-0.1, -0.05) is 18.2 Å². The molecule has 1 N–H and O–H groups in total. The number of amides is 1. The molecule has 0 saturated heterocycles. The van der Waals surface area contributed by atoms with E-state index in [0.29, 0.717) is 11.3 Å². The highest BCUT2D eigenvalue weighted by molar-refractivity contribution is 7.93. The van der Waals surface area contributed by atoms with Crippen LogP contribution in [0.1, 0.15) is 21.4 Å². The Morgan fingerprint density at radius 2 is 1.96 bits per heavy atom. The molecule has 0 aliphatic rings. The molecule has 1 amide bonds. The summed E-state index contributed by atoms with van der Waals surface area (Å²) in [5, 5.41) is 3.42. The molecule has 1 atom stereocenters. The first-order chi connectivity index (χ1) is 12.5. The van der Waals surface area contributed by atoms with Gasteiger partial charge in [0.15, 0.2) is 15.6 Å². The Balaban J connectivity index is 1.89. The molecule has 1 aromatic carbocycles. The van der Waals surface area contributed by atoms with Crippen molar-refractivity contribution in [1.82, 2.24) is 5.32 Å². The number of furan rings is 1. The summed E-state index contributed by atoms with van der Waals surface area (Å²) in [6.07, 6.45) is 1.39. The van der Waals surface area contributed by atoms with Crippen molar-refractivity contribution in [3.63, 3.8) is 0 Å². The third kappa shape index (κ3) is 3.81. The lowest BCUT2D eigenvalue weighted by Gasteiger charge is -2.18. The number of rotatable bonds is 7. The first kappa shape index (κ1) is 18.2. The minimum absolute atomic E-state index is 0.0773. The van der Waals surface area contributed by atoms with E-state index in [-0.39, 0.29) is 16.5 Å². The average Bonchev–Trinajstić information content (AvgIpc) is 3.36. The van der Waals surface area contributed by atoms with Crippen LogP contribution >= 0.6 is 11.3 Å². The van der Waals surface area contributed by atoms with Crippen molar-refractivity contribution in [3.8, 4) is 5.75 Å². The van der Waals surface area contributed by atoms with Crippen molar-refractivity contribution in [2.24, 2.45) is 0 Å². The van der Waals surface area contributed by atoms with E-state index in [2.05, 4.69) is 5.32 Å². The lowest BCUT2D eigenvalue weighted by molar-refractivity contribution is 0.0926. The molecule has 0 aliphatic heterocycles. The van der Waals surface area contributed by atoms with Gasteiger partial charge in [-0.25, -0.2) is 8.42 Å². The molecule has 8 heteroatoms. The number of hydrogen-bond donors (Lipinski definition) is 1. The van der Waals surface area contributed by atoms with E-state index in [1.54, 1.807) is 55.0 Å². The lowest BCUT2D eigenvalue weighted by atomic mass is 10.1. The summed E-state index contributed by atoms with van der Waals surface area (Å²) in [6.45, 7) is -0.0773. The van der Waals surface area contributed by atoms with E-state index in [4.69, 9.17) is 9.15 Å². The minimum atomic E-state index is -3.66. The van der Waals surface area contributed by atoms with Crippen LogP contribution in [0.5, 0.6) is 5.75 Å². The maximum Gasteiger partial charge on any atom is 0.287 e. The minimum Gasteiger partial charge on any atom is -0.497 e. The summed E-state index contributed by atoms with van der Waals surface area (Å²) in [6, 6.07) is 13.1. The number of ether oxygens (including phenoxy) is 1. The van der Waals surface area contributed by atoms with Crippen molar-refractivity contribution < 1.29 is 22.4 Å². The predicted molar refractivity (Wildman–Crippen MR) is 98.3 cm³/mol. The molecule has 0 radical (unpaired) electrons. The third-order valence-corrected chi connectivity index (χ3v) is 7.36. The van der Waals surface area contributed by atoms with E-state index in [9.17, 15) is 13.2 Å². The zero-order valence-electron chi connectivity index (χ0n) is 13.9. The standard InChI is InChI=1S/C18H17NO5S2/c1-23-14-8-6-13(7-9-14)16(26(21,22)17-5-3-11-25-17)12-19-18(20)15-4-2-10-24-15/h2-11,16H,12H2,1H3,(H,19,20)/t16-/m1/s1. The number of carbonyl (C=O) groups excluding carboxylic acids is 1. The van der Waals surface area contributed by atoms with Gasteiger partial charge in [-0.15, -0.1) is 11.3 Å². The zero-order chi connectivity index (χ0) is 18.6. The van der Waals surface area contributed by atoms with Gasteiger partial charge in [0.1, 0.15) is 15.2 Å². The maximum atomic E-state index is 13.1. The number of benzene rings is 1. The highest BCUT2D eigenvalue weighted by Gasteiger charge is 2.30. The molecular weight excluding hydrogens is 374 g/mol. The fraction of sp³-hybridized carbons (Fsp3) is 0.167. The molecule has 3 aromatic rings. The van der Waals surface area contributed by atoms with Gasteiger partial charge in [0.25, 0.3) is 5.91 Å². The first-order valence-corrected chi connectivity index (χ1v) is 10.2. The number of sulfone groups is 1. The summed E-state index contributed by atoms with van der Waals surface area (Å²) in [7, 11) is -2.12. The summed E-state index contributed by atoms with van der Waals surface area (Å²) in [5.41, 5.74) is 0.568. The molecule has 3 rings (SSSR count). The number of methoxy groups -OCH3 is 1. The number of nitrogens with one attached hydrogen (secondary N) is 1. The van der Waals surface area contributed by atoms with Crippen molar-refractivity contribution in [3.05, 3.63) is 71.5 Å². The van der Waals surface area contributed by atoms with Gasteiger partial charge in [-0.3, -0.25) is 4.79 Å². The third-order valence-electron chi connectivity index (χ3n) is 3.83. The Morgan fingerprint density at radius 1 is 1.19 bits per heavy atom. The molecule has 0 saturated carbocycles. The summed E-state index contributed by atoms with van der Waals surface area (Å²) < 4.78 is 36.5. The van der Waals surface area contributed by atoms with Gasteiger partial charge in [-0.2, -0.15) is 0 Å². The largest absolute Gasteiger partial charge is 0.497 e. The second-order valence-electron chi connectivity index (χ2n) is 5.43. The van der Waals surface area contributed by atoms with Crippen LogP contribution in [-0.4, -0.2) is 28.0 Å². The van der Waals surface area contributed by atoms with Crippen molar-refractivity contribution in [2.45, 2.75) is 9.46 Å².